The fourth-order valence-electron chi connectivity index (χ4n) is 2.38. The second kappa shape index (κ2) is 8.98. The summed E-state index contributed by atoms with van der Waals surface area (Å²) in [5.41, 5.74) is 4.95. The van der Waals surface area contributed by atoms with Gasteiger partial charge in [-0.15, -0.1) is 0 Å². The topological polar surface area (TPSA) is 79.8 Å². The smallest absolute Gasteiger partial charge is 0.259 e. The minimum absolute atomic E-state index is 0.0868. The van der Waals surface area contributed by atoms with Crippen LogP contribution in [0.3, 0.4) is 0 Å². The van der Waals surface area contributed by atoms with Crippen LogP contribution in [-0.4, -0.2) is 31.7 Å². The molecule has 6 nitrogen and oxygen atoms in total. The normalized spacial score (nSPS) is 11.3. The van der Waals surface area contributed by atoms with Gasteiger partial charge in [0.2, 0.25) is 0 Å². The molecule has 142 valence electrons. The summed E-state index contributed by atoms with van der Waals surface area (Å²) < 4.78 is 5.13. The summed E-state index contributed by atoms with van der Waals surface area (Å²) in [4.78, 5) is 24.0. The number of carbonyl (C=O) groups excluding carboxylic acids is 2. The molecule has 0 atom stereocenters. The van der Waals surface area contributed by atoms with Gasteiger partial charge < -0.3 is 10.1 Å². The summed E-state index contributed by atoms with van der Waals surface area (Å²) >= 11 is 0. The lowest BCUT2D eigenvalue weighted by Gasteiger charge is -2.18. The van der Waals surface area contributed by atoms with Crippen LogP contribution in [0.5, 0.6) is 5.75 Å². The highest BCUT2D eigenvalue weighted by atomic mass is 16.5. The van der Waals surface area contributed by atoms with Crippen LogP contribution in [0.1, 0.15) is 42.3 Å². The average Bonchev–Trinajstić information content (AvgIpc) is 2.65. The lowest BCUT2D eigenvalue weighted by Crippen LogP contribution is -2.35. The Morgan fingerprint density at radius 3 is 2.37 bits per heavy atom. The molecule has 0 fully saturated rings. The summed E-state index contributed by atoms with van der Waals surface area (Å²) in [7, 11) is 1.49. The van der Waals surface area contributed by atoms with E-state index in [-0.39, 0.29) is 17.9 Å². The van der Waals surface area contributed by atoms with Gasteiger partial charge in [-0.3, -0.25) is 9.59 Å². The summed E-state index contributed by atoms with van der Waals surface area (Å²) in [6.07, 6.45) is 1.56. The van der Waals surface area contributed by atoms with Gasteiger partial charge in [-0.1, -0.05) is 57.2 Å². The van der Waals surface area contributed by atoms with Gasteiger partial charge >= 0.3 is 0 Å². The molecule has 0 bridgehead atoms. The van der Waals surface area contributed by atoms with E-state index in [9.17, 15) is 9.59 Å². The van der Waals surface area contributed by atoms with Crippen LogP contribution in [0.15, 0.2) is 53.6 Å². The molecule has 2 aromatic carbocycles. The Bertz CT molecular complexity index is 821. The van der Waals surface area contributed by atoms with E-state index >= 15 is 0 Å². The third kappa shape index (κ3) is 5.95. The zero-order valence-electron chi connectivity index (χ0n) is 16.1. The highest BCUT2D eigenvalue weighted by Crippen LogP contribution is 2.21. The number of benzene rings is 2. The SMILES string of the molecule is COc1ccccc1C(=O)NCC(=O)NN=Cc1ccc(C(C)(C)C)cc1. The first kappa shape index (κ1) is 20.2. The van der Waals surface area contributed by atoms with E-state index in [1.54, 1.807) is 30.5 Å². The molecule has 27 heavy (non-hydrogen) atoms. The Balaban J connectivity index is 1.84. The Morgan fingerprint density at radius 2 is 1.74 bits per heavy atom. The number of methoxy groups -OCH3 is 1. The van der Waals surface area contributed by atoms with Crippen molar-refractivity contribution in [1.82, 2.24) is 10.7 Å². The van der Waals surface area contributed by atoms with Gasteiger partial charge in [0.25, 0.3) is 11.8 Å². The first-order chi connectivity index (χ1) is 12.8. The molecule has 0 saturated heterocycles. The highest BCUT2D eigenvalue weighted by Gasteiger charge is 2.13. The fourth-order valence-corrected chi connectivity index (χ4v) is 2.38. The zero-order valence-corrected chi connectivity index (χ0v) is 16.1. The Hall–Kier alpha value is -3.15. The molecule has 0 aliphatic rings. The molecule has 2 amide bonds. The molecule has 0 aromatic heterocycles. The van der Waals surface area contributed by atoms with Crippen LogP contribution in [-0.2, 0) is 10.2 Å². The number of nitrogens with zero attached hydrogens (tertiary/aromatic N) is 1. The van der Waals surface area contributed by atoms with Gasteiger partial charge in [0.15, 0.2) is 0 Å². The molecule has 0 heterocycles. The molecule has 0 aliphatic heterocycles. The van der Waals surface area contributed by atoms with E-state index in [4.69, 9.17) is 4.74 Å². The van der Waals surface area contributed by atoms with E-state index in [1.165, 1.54) is 12.7 Å². The first-order valence-electron chi connectivity index (χ1n) is 8.65. The van der Waals surface area contributed by atoms with Crippen molar-refractivity contribution < 1.29 is 14.3 Å². The number of hydrogen-bond donors (Lipinski definition) is 2. The molecular formula is C21H25N3O3. The van der Waals surface area contributed by atoms with Crippen LogP contribution in [0.2, 0.25) is 0 Å². The molecule has 2 rings (SSSR count). The van der Waals surface area contributed by atoms with Crippen molar-refractivity contribution in [1.29, 1.82) is 0 Å². The molecule has 0 spiro atoms. The number of rotatable bonds is 6. The standard InChI is InChI=1S/C21H25N3O3/c1-21(2,3)16-11-9-15(10-12-16)13-23-24-19(25)14-22-20(26)17-7-5-6-8-18(17)27-4/h5-13H,14H2,1-4H3,(H,22,26)(H,24,25). The summed E-state index contributed by atoms with van der Waals surface area (Å²) in [6.45, 7) is 6.26. The zero-order chi connectivity index (χ0) is 19.9. The first-order valence-corrected chi connectivity index (χ1v) is 8.65. The van der Waals surface area contributed by atoms with E-state index in [0.717, 1.165) is 5.56 Å². The molecule has 0 saturated carbocycles. The van der Waals surface area contributed by atoms with Crippen LogP contribution >= 0.6 is 0 Å². The van der Waals surface area contributed by atoms with Gasteiger partial charge in [0.05, 0.1) is 25.4 Å². The van der Waals surface area contributed by atoms with Crippen molar-refractivity contribution in [2.75, 3.05) is 13.7 Å². The number of ether oxygens (including phenoxy) is 1. The van der Waals surface area contributed by atoms with Crippen LogP contribution in [0.25, 0.3) is 0 Å². The number of amides is 2. The van der Waals surface area contributed by atoms with Crippen LogP contribution in [0, 0.1) is 0 Å². The fraction of sp³-hybridized carbons (Fsp3) is 0.286. The molecule has 6 heteroatoms. The van der Waals surface area contributed by atoms with Gasteiger partial charge in [-0.2, -0.15) is 5.10 Å². The largest absolute Gasteiger partial charge is 0.496 e. The molecular weight excluding hydrogens is 342 g/mol. The van der Waals surface area contributed by atoms with Crippen molar-refractivity contribution in [3.8, 4) is 5.75 Å². The predicted octanol–water partition coefficient (Wildman–Crippen LogP) is 2.87. The number of carbonyl (C=O) groups is 2. The number of para-hydroxylation sites is 1. The number of nitrogens with one attached hydrogen (secondary N) is 2. The molecule has 0 radical (unpaired) electrons. The highest BCUT2D eigenvalue weighted by molar-refractivity contribution is 5.98. The lowest BCUT2D eigenvalue weighted by atomic mass is 9.87. The molecule has 2 N–H and O–H groups in total. The molecule has 0 unspecified atom stereocenters. The maximum absolute atomic E-state index is 12.1. The van der Waals surface area contributed by atoms with Gasteiger partial charge in [-0.05, 0) is 28.7 Å². The Morgan fingerprint density at radius 1 is 1.07 bits per heavy atom. The van der Waals surface area contributed by atoms with Gasteiger partial charge in [0.1, 0.15) is 5.75 Å². The summed E-state index contributed by atoms with van der Waals surface area (Å²) in [5, 5.41) is 6.46. The number of hydrogen-bond acceptors (Lipinski definition) is 4. The monoisotopic (exact) mass is 367 g/mol. The Labute approximate surface area is 159 Å². The number of hydrazone groups is 1. The lowest BCUT2D eigenvalue weighted by molar-refractivity contribution is -0.120. The Kier molecular flexibility index (Phi) is 6.71. The molecule has 0 aliphatic carbocycles. The van der Waals surface area contributed by atoms with Crippen molar-refractivity contribution in [3.05, 3.63) is 65.2 Å². The van der Waals surface area contributed by atoms with E-state index in [0.29, 0.717) is 11.3 Å². The van der Waals surface area contributed by atoms with Gasteiger partial charge in [-0.25, -0.2) is 5.43 Å². The van der Waals surface area contributed by atoms with Crippen LogP contribution < -0.4 is 15.5 Å². The predicted molar refractivity (Wildman–Crippen MR) is 106 cm³/mol. The average molecular weight is 367 g/mol. The van der Waals surface area contributed by atoms with Crippen LogP contribution in [0.4, 0.5) is 0 Å². The maximum atomic E-state index is 12.1. The van der Waals surface area contributed by atoms with Crippen molar-refractivity contribution in [2.24, 2.45) is 5.10 Å². The summed E-state index contributed by atoms with van der Waals surface area (Å²) in [5.74, 6) is -0.350. The maximum Gasteiger partial charge on any atom is 0.259 e. The minimum Gasteiger partial charge on any atom is -0.496 e. The van der Waals surface area contributed by atoms with Crippen molar-refractivity contribution in [2.45, 2.75) is 26.2 Å². The second-order valence-electron chi connectivity index (χ2n) is 7.05. The quantitative estimate of drug-likeness (QED) is 0.609. The third-order valence-corrected chi connectivity index (χ3v) is 3.94. The van der Waals surface area contributed by atoms with E-state index < -0.39 is 5.91 Å². The minimum atomic E-state index is -0.416. The summed E-state index contributed by atoms with van der Waals surface area (Å²) in [6, 6.07) is 14.8. The van der Waals surface area contributed by atoms with Crippen molar-refractivity contribution >= 4 is 18.0 Å². The van der Waals surface area contributed by atoms with Gasteiger partial charge in [0, 0.05) is 0 Å². The van der Waals surface area contributed by atoms with E-state index in [2.05, 4.69) is 36.6 Å². The molecule has 2 aromatic rings. The van der Waals surface area contributed by atoms with E-state index in [1.807, 2.05) is 24.3 Å². The second-order valence-corrected chi connectivity index (χ2v) is 7.05. The third-order valence-electron chi connectivity index (χ3n) is 3.94. The van der Waals surface area contributed by atoms with Crippen molar-refractivity contribution in [3.63, 3.8) is 0 Å².